The number of rotatable bonds is 5. The van der Waals surface area contributed by atoms with E-state index in [1.807, 2.05) is 26.0 Å². The highest BCUT2D eigenvalue weighted by atomic mass is 16.3. The van der Waals surface area contributed by atoms with Crippen LogP contribution in [0.5, 0.6) is 0 Å². The van der Waals surface area contributed by atoms with Gasteiger partial charge in [-0.2, -0.15) is 0 Å². The molecule has 0 aliphatic carbocycles. The molecule has 0 aliphatic rings. The molecule has 1 atom stereocenters. The van der Waals surface area contributed by atoms with Gasteiger partial charge in [0, 0.05) is 6.54 Å². The normalized spacial score (nSPS) is 14.3. The first-order chi connectivity index (χ1) is 9.81. The SMILES string of the molecule is CC(C)C(C)(O)CNC(=O)Cn1c(=O)[nH]c2ccccc21. The largest absolute Gasteiger partial charge is 0.388 e. The van der Waals surface area contributed by atoms with E-state index in [9.17, 15) is 14.7 Å². The number of carbonyl (C=O) groups is 1. The third-order valence-electron chi connectivity index (χ3n) is 3.87. The standard InChI is InChI=1S/C15H21N3O3/c1-10(2)15(3,21)9-16-13(19)8-18-12-7-5-4-6-11(12)17-14(18)20/h4-7,10,21H,8-9H2,1-3H3,(H,16,19)(H,17,20). The number of para-hydroxylation sites is 2. The molecular formula is C15H21N3O3. The van der Waals surface area contributed by atoms with Gasteiger partial charge in [0.1, 0.15) is 6.54 Å². The monoisotopic (exact) mass is 291 g/mol. The van der Waals surface area contributed by atoms with Crippen LogP contribution in [-0.4, -0.2) is 32.7 Å². The first-order valence-corrected chi connectivity index (χ1v) is 6.98. The lowest BCUT2D eigenvalue weighted by Crippen LogP contribution is -2.45. The highest BCUT2D eigenvalue weighted by Crippen LogP contribution is 2.14. The van der Waals surface area contributed by atoms with Gasteiger partial charge in [-0.3, -0.25) is 9.36 Å². The second-order valence-electron chi connectivity index (χ2n) is 5.82. The summed E-state index contributed by atoms with van der Waals surface area (Å²) in [6, 6.07) is 7.20. The van der Waals surface area contributed by atoms with Crippen molar-refractivity contribution < 1.29 is 9.90 Å². The number of nitrogens with zero attached hydrogens (tertiary/aromatic N) is 1. The van der Waals surface area contributed by atoms with Crippen molar-refractivity contribution in [3.63, 3.8) is 0 Å². The second-order valence-corrected chi connectivity index (χ2v) is 5.82. The van der Waals surface area contributed by atoms with Crippen LogP contribution in [0.2, 0.25) is 0 Å². The summed E-state index contributed by atoms with van der Waals surface area (Å²) in [5.41, 5.74) is 0.0978. The Bertz CT molecular complexity index is 697. The van der Waals surface area contributed by atoms with Crippen LogP contribution in [0.4, 0.5) is 0 Å². The number of benzene rings is 1. The molecule has 0 saturated heterocycles. The smallest absolute Gasteiger partial charge is 0.326 e. The Hall–Kier alpha value is -2.08. The number of carbonyl (C=O) groups excluding carboxylic acids is 1. The number of nitrogens with one attached hydrogen (secondary N) is 2. The van der Waals surface area contributed by atoms with E-state index in [0.29, 0.717) is 11.0 Å². The lowest BCUT2D eigenvalue weighted by molar-refractivity contribution is -0.123. The zero-order valence-electron chi connectivity index (χ0n) is 12.5. The van der Waals surface area contributed by atoms with E-state index in [0.717, 1.165) is 0 Å². The summed E-state index contributed by atoms with van der Waals surface area (Å²) in [5, 5.41) is 12.8. The van der Waals surface area contributed by atoms with Gasteiger partial charge in [0.15, 0.2) is 0 Å². The minimum Gasteiger partial charge on any atom is -0.388 e. The number of amides is 1. The van der Waals surface area contributed by atoms with E-state index in [1.54, 1.807) is 19.1 Å². The average Bonchev–Trinajstić information content (AvgIpc) is 2.73. The fraction of sp³-hybridized carbons (Fsp3) is 0.467. The summed E-state index contributed by atoms with van der Waals surface area (Å²) in [7, 11) is 0. The van der Waals surface area contributed by atoms with E-state index >= 15 is 0 Å². The Labute approximate surface area is 122 Å². The third-order valence-corrected chi connectivity index (χ3v) is 3.87. The minimum absolute atomic E-state index is 0.0219. The Kier molecular flexibility index (Phi) is 4.18. The Morgan fingerprint density at radius 3 is 2.76 bits per heavy atom. The van der Waals surface area contributed by atoms with Crippen LogP contribution >= 0.6 is 0 Å². The summed E-state index contributed by atoms with van der Waals surface area (Å²) in [4.78, 5) is 26.5. The molecule has 2 rings (SSSR count). The Morgan fingerprint density at radius 1 is 1.43 bits per heavy atom. The van der Waals surface area contributed by atoms with Crippen molar-refractivity contribution in [2.75, 3.05) is 6.54 Å². The molecule has 0 saturated carbocycles. The molecular weight excluding hydrogens is 270 g/mol. The van der Waals surface area contributed by atoms with Crippen molar-refractivity contribution in [2.24, 2.45) is 5.92 Å². The quantitative estimate of drug-likeness (QED) is 0.763. The molecule has 1 amide bonds. The van der Waals surface area contributed by atoms with Gasteiger partial charge in [0.25, 0.3) is 0 Å². The number of aliphatic hydroxyl groups is 1. The van der Waals surface area contributed by atoms with E-state index in [-0.39, 0.29) is 30.6 Å². The molecule has 0 radical (unpaired) electrons. The van der Waals surface area contributed by atoms with Crippen molar-refractivity contribution in [1.82, 2.24) is 14.9 Å². The van der Waals surface area contributed by atoms with E-state index in [4.69, 9.17) is 0 Å². The fourth-order valence-corrected chi connectivity index (χ4v) is 1.94. The number of hydrogen-bond donors (Lipinski definition) is 3. The van der Waals surface area contributed by atoms with Gasteiger partial charge in [0.2, 0.25) is 5.91 Å². The van der Waals surface area contributed by atoms with Crippen LogP contribution in [0.15, 0.2) is 29.1 Å². The summed E-state index contributed by atoms with van der Waals surface area (Å²) < 4.78 is 1.38. The molecule has 0 bridgehead atoms. The molecule has 0 fully saturated rings. The van der Waals surface area contributed by atoms with Crippen LogP contribution < -0.4 is 11.0 Å². The molecule has 1 aromatic heterocycles. The van der Waals surface area contributed by atoms with Crippen molar-refractivity contribution >= 4 is 16.9 Å². The van der Waals surface area contributed by atoms with Gasteiger partial charge in [-0.05, 0) is 25.0 Å². The van der Waals surface area contributed by atoms with Crippen LogP contribution in [0.3, 0.4) is 0 Å². The van der Waals surface area contributed by atoms with Crippen molar-refractivity contribution in [2.45, 2.75) is 32.9 Å². The first-order valence-electron chi connectivity index (χ1n) is 6.98. The van der Waals surface area contributed by atoms with E-state index < -0.39 is 5.60 Å². The molecule has 1 heterocycles. The van der Waals surface area contributed by atoms with Crippen LogP contribution in [0.1, 0.15) is 20.8 Å². The molecule has 2 aromatic rings. The Morgan fingerprint density at radius 2 is 2.10 bits per heavy atom. The molecule has 21 heavy (non-hydrogen) atoms. The molecule has 0 aliphatic heterocycles. The highest BCUT2D eigenvalue weighted by Gasteiger charge is 2.25. The molecule has 1 unspecified atom stereocenters. The van der Waals surface area contributed by atoms with Crippen LogP contribution in [0, 0.1) is 5.92 Å². The van der Waals surface area contributed by atoms with Gasteiger partial charge < -0.3 is 15.4 Å². The average molecular weight is 291 g/mol. The molecule has 6 heteroatoms. The maximum atomic E-state index is 12.0. The van der Waals surface area contributed by atoms with Crippen LogP contribution in [0.25, 0.3) is 11.0 Å². The zero-order valence-corrected chi connectivity index (χ0v) is 12.5. The molecule has 3 N–H and O–H groups in total. The molecule has 0 spiro atoms. The van der Waals surface area contributed by atoms with Crippen molar-refractivity contribution in [3.05, 3.63) is 34.7 Å². The van der Waals surface area contributed by atoms with E-state index in [1.165, 1.54) is 4.57 Å². The van der Waals surface area contributed by atoms with Gasteiger partial charge in [-0.15, -0.1) is 0 Å². The number of aromatic nitrogens is 2. The fourth-order valence-electron chi connectivity index (χ4n) is 1.94. The predicted octanol–water partition coefficient (Wildman–Crippen LogP) is 0.853. The summed E-state index contributed by atoms with van der Waals surface area (Å²) in [6.07, 6.45) is 0. The number of aromatic amines is 1. The van der Waals surface area contributed by atoms with Gasteiger partial charge in [-0.1, -0.05) is 26.0 Å². The van der Waals surface area contributed by atoms with Crippen molar-refractivity contribution in [3.8, 4) is 0 Å². The van der Waals surface area contributed by atoms with Crippen molar-refractivity contribution in [1.29, 1.82) is 0 Å². The summed E-state index contributed by atoms with van der Waals surface area (Å²) in [5.74, 6) is -0.281. The summed E-state index contributed by atoms with van der Waals surface area (Å²) >= 11 is 0. The highest BCUT2D eigenvalue weighted by molar-refractivity contribution is 5.80. The number of H-pyrrole nitrogens is 1. The minimum atomic E-state index is -0.971. The molecule has 1 aromatic carbocycles. The first kappa shape index (κ1) is 15.3. The lowest BCUT2D eigenvalue weighted by atomic mass is 9.92. The molecule has 114 valence electrons. The van der Waals surface area contributed by atoms with Gasteiger partial charge in [0.05, 0.1) is 16.6 Å². The lowest BCUT2D eigenvalue weighted by Gasteiger charge is -2.27. The number of imidazole rings is 1. The van der Waals surface area contributed by atoms with Gasteiger partial charge in [-0.25, -0.2) is 4.79 Å². The third kappa shape index (κ3) is 3.33. The maximum Gasteiger partial charge on any atom is 0.326 e. The zero-order chi connectivity index (χ0) is 15.6. The number of hydrogen-bond acceptors (Lipinski definition) is 3. The maximum absolute atomic E-state index is 12.0. The second kappa shape index (κ2) is 5.73. The van der Waals surface area contributed by atoms with E-state index in [2.05, 4.69) is 10.3 Å². The summed E-state index contributed by atoms with van der Waals surface area (Å²) in [6.45, 7) is 5.53. The van der Waals surface area contributed by atoms with Crippen LogP contribution in [-0.2, 0) is 11.3 Å². The van der Waals surface area contributed by atoms with Gasteiger partial charge >= 0.3 is 5.69 Å². The predicted molar refractivity (Wildman–Crippen MR) is 81.0 cm³/mol. The Balaban J connectivity index is 2.09. The topological polar surface area (TPSA) is 87.1 Å². The molecule has 6 nitrogen and oxygen atoms in total. The number of fused-ring (bicyclic) bond motifs is 1.